The Hall–Kier alpha value is 0.140. The molecule has 0 spiro atoms. The number of benzene rings is 1. The molecule has 8 heteroatoms. The zero-order valence-electron chi connectivity index (χ0n) is 7.77. The first kappa shape index (κ1) is 13.2. The van der Waals surface area contributed by atoms with Crippen LogP contribution in [0.2, 0.25) is 0 Å². The topological polar surface area (TPSA) is 73.1 Å². The van der Waals surface area contributed by atoms with Gasteiger partial charge in [-0.3, -0.25) is 5.04 Å². The van der Waals surface area contributed by atoms with Crippen LogP contribution in [-0.4, -0.2) is 9.97 Å². The van der Waals surface area contributed by atoms with Crippen LogP contribution in [-0.2, 0) is 9.37 Å². The van der Waals surface area contributed by atoms with Gasteiger partial charge in [-0.25, -0.2) is 0 Å². The molecule has 0 fully saturated rings. The summed E-state index contributed by atoms with van der Waals surface area (Å²) >= 11 is 5.76. The van der Waals surface area contributed by atoms with Gasteiger partial charge in [0.2, 0.25) is 0 Å². The van der Waals surface area contributed by atoms with Crippen LogP contribution < -0.4 is 34.8 Å². The Morgan fingerprint density at radius 2 is 2.00 bits per heavy atom. The van der Waals surface area contributed by atoms with E-state index in [4.69, 9.17) is 12.2 Å². The number of fused-ring (bicyclic) bond motifs is 1. The molecule has 74 valence electrons. The van der Waals surface area contributed by atoms with Crippen molar-refractivity contribution in [1.29, 1.82) is 0 Å². The SMILES string of the molecule is [Na+].[O-]OOSc1ccc2[nH]c(=S)[nH]c2c1. The average molecular weight is 252 g/mol. The quantitative estimate of drug-likeness (QED) is 0.228. The van der Waals surface area contributed by atoms with Crippen molar-refractivity contribution >= 4 is 35.3 Å². The molecule has 2 N–H and O–H groups in total. The molecule has 15 heavy (non-hydrogen) atoms. The van der Waals surface area contributed by atoms with Crippen molar-refractivity contribution in [2.75, 3.05) is 0 Å². The van der Waals surface area contributed by atoms with E-state index >= 15 is 0 Å². The molecule has 2 aromatic rings. The number of aromatic amines is 2. The van der Waals surface area contributed by atoms with Crippen LogP contribution >= 0.6 is 24.3 Å². The Labute approximate surface area is 117 Å². The van der Waals surface area contributed by atoms with E-state index in [1.807, 2.05) is 6.07 Å². The first-order chi connectivity index (χ1) is 6.79. The maximum Gasteiger partial charge on any atom is 1.00 e. The third-order valence-corrected chi connectivity index (χ3v) is 2.42. The minimum Gasteiger partial charge on any atom is -0.691 e. The second kappa shape index (κ2) is 6.02. The number of aromatic nitrogens is 2. The van der Waals surface area contributed by atoms with Crippen molar-refractivity contribution in [2.24, 2.45) is 0 Å². The number of nitrogens with one attached hydrogen (secondary N) is 2. The van der Waals surface area contributed by atoms with Crippen LogP contribution in [0.3, 0.4) is 0 Å². The summed E-state index contributed by atoms with van der Waals surface area (Å²) in [6, 6.07) is 5.41. The molecule has 2 rings (SSSR count). The van der Waals surface area contributed by atoms with Gasteiger partial charge in [0.1, 0.15) is 0 Å². The summed E-state index contributed by atoms with van der Waals surface area (Å²) < 4.78 is 4.74. The molecule has 0 aliphatic heterocycles. The van der Waals surface area contributed by atoms with Crippen LogP contribution in [0.4, 0.5) is 0 Å². The van der Waals surface area contributed by atoms with E-state index in [9.17, 15) is 5.26 Å². The van der Waals surface area contributed by atoms with Crippen LogP contribution in [0, 0.1) is 4.77 Å². The van der Waals surface area contributed by atoms with E-state index in [0.29, 0.717) is 4.77 Å². The Kier molecular flexibility index (Phi) is 5.30. The average Bonchev–Trinajstić information content (AvgIpc) is 2.54. The van der Waals surface area contributed by atoms with Crippen LogP contribution in [0.15, 0.2) is 23.1 Å². The van der Waals surface area contributed by atoms with Gasteiger partial charge in [-0.15, -0.1) is 0 Å². The molecule has 0 saturated heterocycles. The number of H-pyrrole nitrogens is 2. The zero-order valence-corrected chi connectivity index (χ0v) is 11.4. The Bertz CT molecular complexity index is 498. The molecule has 0 aliphatic rings. The minimum atomic E-state index is 0. The fourth-order valence-corrected chi connectivity index (χ4v) is 1.73. The molecule has 1 aromatic carbocycles. The van der Waals surface area contributed by atoms with Crippen molar-refractivity contribution in [3.05, 3.63) is 23.0 Å². The van der Waals surface area contributed by atoms with Crippen molar-refractivity contribution < 1.29 is 44.2 Å². The van der Waals surface area contributed by atoms with E-state index in [0.717, 1.165) is 28.0 Å². The molecule has 0 unspecified atom stereocenters. The fraction of sp³-hybridized carbons (Fsp3) is 0. The van der Waals surface area contributed by atoms with Crippen LogP contribution in [0.5, 0.6) is 0 Å². The molecule has 0 radical (unpaired) electrons. The summed E-state index contributed by atoms with van der Waals surface area (Å²) in [5.41, 5.74) is 1.76. The summed E-state index contributed by atoms with van der Waals surface area (Å²) in [6.45, 7) is 0. The number of imidazole rings is 1. The second-order valence-corrected chi connectivity index (χ2v) is 3.69. The maximum absolute atomic E-state index is 9.60. The molecule has 0 atom stereocenters. The van der Waals surface area contributed by atoms with Gasteiger partial charge in [0, 0.05) is 4.90 Å². The van der Waals surface area contributed by atoms with Gasteiger partial charge >= 0.3 is 29.6 Å². The van der Waals surface area contributed by atoms with E-state index in [2.05, 4.69) is 19.3 Å². The van der Waals surface area contributed by atoms with E-state index in [1.165, 1.54) is 0 Å². The van der Waals surface area contributed by atoms with Crippen molar-refractivity contribution in [3.63, 3.8) is 0 Å². The summed E-state index contributed by atoms with van der Waals surface area (Å²) in [5, 5.41) is 12.8. The third kappa shape index (κ3) is 3.30. The number of rotatable bonds is 3. The number of hydrogen-bond acceptors (Lipinski definition) is 5. The Balaban J connectivity index is 0.00000112. The minimum absolute atomic E-state index is 0. The van der Waals surface area contributed by atoms with Crippen LogP contribution in [0.1, 0.15) is 0 Å². The molecule has 1 heterocycles. The van der Waals surface area contributed by atoms with Gasteiger partial charge in [-0.1, -0.05) is 0 Å². The van der Waals surface area contributed by atoms with E-state index in [-0.39, 0.29) is 29.6 Å². The fourth-order valence-electron chi connectivity index (χ4n) is 1.12. The normalized spacial score (nSPS) is 10.2. The standard InChI is InChI=1S/C7H6N2O3S2.Na/c10-11-12-14-4-1-2-5-6(3-4)9-7(13)8-5;/h1-3,10H,(H2,8,9,13);/q;+1/p-1. The van der Waals surface area contributed by atoms with Gasteiger partial charge in [0.15, 0.2) is 4.77 Å². The summed E-state index contributed by atoms with van der Waals surface area (Å²) in [4.78, 5) is 6.65. The molecule has 0 saturated carbocycles. The summed E-state index contributed by atoms with van der Waals surface area (Å²) in [7, 11) is 0. The van der Waals surface area contributed by atoms with Gasteiger partial charge in [-0.05, 0) is 30.4 Å². The Morgan fingerprint density at radius 3 is 2.73 bits per heavy atom. The van der Waals surface area contributed by atoms with Gasteiger partial charge < -0.3 is 15.2 Å². The van der Waals surface area contributed by atoms with Crippen molar-refractivity contribution in [1.82, 2.24) is 9.97 Å². The molecule has 1 aromatic heterocycles. The molecule has 0 bridgehead atoms. The smallest absolute Gasteiger partial charge is 0.691 e. The molecular weight excluding hydrogens is 247 g/mol. The molecule has 0 aliphatic carbocycles. The summed E-state index contributed by atoms with van der Waals surface area (Å²) in [6.07, 6.45) is 0. The monoisotopic (exact) mass is 252 g/mol. The van der Waals surface area contributed by atoms with E-state index < -0.39 is 0 Å². The third-order valence-electron chi connectivity index (χ3n) is 1.65. The first-order valence-electron chi connectivity index (χ1n) is 3.65. The second-order valence-electron chi connectivity index (χ2n) is 2.51. The predicted molar refractivity (Wildman–Crippen MR) is 51.5 cm³/mol. The molecular formula is C7H5N2NaO3S2. The van der Waals surface area contributed by atoms with Gasteiger partial charge in [0.05, 0.1) is 23.1 Å². The van der Waals surface area contributed by atoms with Gasteiger partial charge in [0.25, 0.3) is 0 Å². The zero-order chi connectivity index (χ0) is 9.97. The maximum atomic E-state index is 9.60. The van der Waals surface area contributed by atoms with Crippen LogP contribution in [0.25, 0.3) is 11.0 Å². The van der Waals surface area contributed by atoms with E-state index in [1.54, 1.807) is 12.1 Å². The first-order valence-corrected chi connectivity index (χ1v) is 4.80. The predicted octanol–water partition coefficient (Wildman–Crippen LogP) is -1.54. The Morgan fingerprint density at radius 1 is 1.27 bits per heavy atom. The summed E-state index contributed by atoms with van der Waals surface area (Å²) in [5.74, 6) is 0. The van der Waals surface area contributed by atoms with Crippen molar-refractivity contribution in [2.45, 2.75) is 4.90 Å². The molecule has 0 amide bonds. The van der Waals surface area contributed by atoms with Gasteiger partial charge in [-0.2, -0.15) is 4.33 Å². The number of hydrogen-bond donors (Lipinski definition) is 2. The van der Waals surface area contributed by atoms with Crippen molar-refractivity contribution in [3.8, 4) is 0 Å². The largest absolute Gasteiger partial charge is 1.00 e. The molecule has 5 nitrogen and oxygen atoms in total.